The number of nitrogens with zero attached hydrogens (tertiary/aromatic N) is 3. The molecule has 42 heavy (non-hydrogen) atoms. The van der Waals surface area contributed by atoms with Crippen LogP contribution < -0.4 is 5.32 Å². The molecule has 11 heteroatoms. The average molecular weight is 587 g/mol. The molecule has 0 saturated carbocycles. The van der Waals surface area contributed by atoms with E-state index < -0.39 is 29.7 Å². The summed E-state index contributed by atoms with van der Waals surface area (Å²) in [5, 5.41) is 10.0. The molecule has 1 aromatic heterocycles. The van der Waals surface area contributed by atoms with Crippen molar-refractivity contribution in [3.05, 3.63) is 77.8 Å². The van der Waals surface area contributed by atoms with Gasteiger partial charge in [0.15, 0.2) is 0 Å². The summed E-state index contributed by atoms with van der Waals surface area (Å²) in [6, 6.07) is 12.2. The van der Waals surface area contributed by atoms with E-state index in [1.54, 1.807) is 6.20 Å². The first-order valence-corrected chi connectivity index (χ1v) is 13.8. The van der Waals surface area contributed by atoms with Gasteiger partial charge in [0.2, 0.25) is 0 Å². The van der Waals surface area contributed by atoms with Crippen molar-refractivity contribution in [3.8, 4) is 11.3 Å². The van der Waals surface area contributed by atoms with Gasteiger partial charge < -0.3 is 24.5 Å². The zero-order chi connectivity index (χ0) is 31.4. The van der Waals surface area contributed by atoms with E-state index in [1.807, 2.05) is 55.8 Å². The highest BCUT2D eigenvalue weighted by molar-refractivity contribution is 5.95. The van der Waals surface area contributed by atoms with Crippen molar-refractivity contribution in [2.45, 2.75) is 59.7 Å². The lowest BCUT2D eigenvalue weighted by Gasteiger charge is -2.38. The Kier molecular flexibility index (Phi) is 12.9. The van der Waals surface area contributed by atoms with Crippen molar-refractivity contribution >= 4 is 18.3 Å². The van der Waals surface area contributed by atoms with E-state index in [9.17, 15) is 18.4 Å². The molecule has 4 rings (SSSR count). The molecule has 1 aliphatic heterocycles. The molecular formula is C31H40F2N4O5. The first kappa shape index (κ1) is 34.2. The summed E-state index contributed by atoms with van der Waals surface area (Å²) in [7, 11) is 1.92. The van der Waals surface area contributed by atoms with Crippen LogP contribution in [-0.4, -0.2) is 64.1 Å². The fourth-order valence-electron chi connectivity index (χ4n) is 4.67. The van der Waals surface area contributed by atoms with Crippen LogP contribution in [0.2, 0.25) is 0 Å². The van der Waals surface area contributed by atoms with Crippen LogP contribution in [0.5, 0.6) is 0 Å². The van der Waals surface area contributed by atoms with E-state index >= 15 is 0 Å². The monoisotopic (exact) mass is 586 g/mol. The van der Waals surface area contributed by atoms with Gasteiger partial charge in [-0.2, -0.15) is 0 Å². The highest BCUT2D eigenvalue weighted by Gasteiger charge is 2.37. The maximum absolute atomic E-state index is 14.7. The second-order valence-electron chi connectivity index (χ2n) is 10.5. The number of cyclic esters (lactones) is 2. The molecule has 3 aromatic rings. The summed E-state index contributed by atoms with van der Waals surface area (Å²) >= 11 is 0. The number of halogens is 2. The number of hydrogen-bond donors (Lipinski definition) is 2. The highest BCUT2D eigenvalue weighted by Crippen LogP contribution is 2.38. The lowest BCUT2D eigenvalue weighted by Crippen LogP contribution is -2.39. The topological polar surface area (TPSA) is 114 Å². The average Bonchev–Trinajstić information content (AvgIpc) is 3.51. The van der Waals surface area contributed by atoms with E-state index in [0.717, 1.165) is 23.8 Å². The van der Waals surface area contributed by atoms with E-state index in [0.29, 0.717) is 37.3 Å². The molecule has 1 aliphatic rings. The number of ether oxygens (including phenoxy) is 1. The number of nitrogens with one attached hydrogen (secondary N) is 1. The number of hydrogen-bond acceptors (Lipinski definition) is 7. The fraction of sp³-hybridized carbons (Fsp3) is 0.419. The van der Waals surface area contributed by atoms with Crippen LogP contribution in [0.25, 0.3) is 11.3 Å². The van der Waals surface area contributed by atoms with E-state index in [1.165, 1.54) is 0 Å². The summed E-state index contributed by atoms with van der Waals surface area (Å²) in [5.41, 5.74) is 1.15. The summed E-state index contributed by atoms with van der Waals surface area (Å²) < 4.78 is 35.2. The lowest BCUT2D eigenvalue weighted by molar-refractivity contribution is -0.135. The van der Waals surface area contributed by atoms with Crippen LogP contribution >= 0.6 is 0 Å². The molecule has 1 amide bonds. The van der Waals surface area contributed by atoms with Gasteiger partial charge in [-0.25, -0.2) is 23.4 Å². The van der Waals surface area contributed by atoms with Crippen molar-refractivity contribution in [2.75, 3.05) is 20.2 Å². The summed E-state index contributed by atoms with van der Waals surface area (Å²) in [5.74, 6) is -0.996. The fourth-order valence-corrected chi connectivity index (χ4v) is 4.67. The molecule has 2 unspecified atom stereocenters. The van der Waals surface area contributed by atoms with E-state index in [2.05, 4.69) is 35.7 Å². The minimum Gasteiger partial charge on any atom is -0.389 e. The second kappa shape index (κ2) is 15.9. The normalized spacial score (nSPS) is 15.1. The lowest BCUT2D eigenvalue weighted by atomic mass is 9.85. The number of carbonyl (C=O) groups excluding carboxylic acids is 3. The molecule has 2 heterocycles. The second-order valence-corrected chi connectivity index (χ2v) is 10.5. The number of carbonyl (C=O) groups is 3. The van der Waals surface area contributed by atoms with Crippen molar-refractivity contribution in [1.29, 1.82) is 0 Å². The van der Waals surface area contributed by atoms with Crippen LogP contribution in [0.4, 0.5) is 13.6 Å². The van der Waals surface area contributed by atoms with Crippen LogP contribution in [0.15, 0.2) is 54.7 Å². The zero-order valence-corrected chi connectivity index (χ0v) is 24.9. The van der Waals surface area contributed by atoms with Crippen LogP contribution in [-0.2, 0) is 20.9 Å². The SMILES string of the molecule is CC.CN(CCC1NC(=O)OC1=O)C(c1nc(-c2cc(F)ccc2F)cn1Cc1ccccc1)C(C)(C)C.O=CCO. The maximum atomic E-state index is 14.7. The Balaban J connectivity index is 0.000000947. The number of aliphatic hydroxyl groups is 1. The molecule has 228 valence electrons. The Labute approximate surface area is 245 Å². The quantitative estimate of drug-likeness (QED) is 0.203. The number of rotatable bonds is 9. The number of esters is 1. The predicted molar refractivity (Wildman–Crippen MR) is 155 cm³/mol. The number of aromatic nitrogens is 2. The van der Waals surface area contributed by atoms with Gasteiger partial charge in [0.1, 0.15) is 29.8 Å². The predicted octanol–water partition coefficient (Wildman–Crippen LogP) is 5.12. The Morgan fingerprint density at radius 1 is 1.14 bits per heavy atom. The summed E-state index contributed by atoms with van der Waals surface area (Å²) in [6.07, 6.45) is 1.81. The molecule has 0 aliphatic carbocycles. The molecule has 2 N–H and O–H groups in total. The first-order valence-electron chi connectivity index (χ1n) is 13.8. The third kappa shape index (κ3) is 9.28. The largest absolute Gasteiger partial charge is 0.415 e. The molecule has 2 atom stereocenters. The van der Waals surface area contributed by atoms with Gasteiger partial charge >= 0.3 is 12.1 Å². The molecule has 1 saturated heterocycles. The maximum Gasteiger partial charge on any atom is 0.415 e. The molecular weight excluding hydrogens is 546 g/mol. The number of aldehydes is 1. The van der Waals surface area contributed by atoms with Gasteiger partial charge in [0, 0.05) is 24.8 Å². The third-order valence-corrected chi connectivity index (χ3v) is 6.33. The van der Waals surface area contributed by atoms with Gasteiger partial charge in [-0.05, 0) is 42.6 Å². The van der Waals surface area contributed by atoms with E-state index in [4.69, 9.17) is 14.9 Å². The highest BCUT2D eigenvalue weighted by atomic mass is 19.1. The molecule has 1 fully saturated rings. The van der Waals surface area contributed by atoms with Crippen molar-refractivity contribution in [3.63, 3.8) is 0 Å². The minimum absolute atomic E-state index is 0.0924. The molecule has 0 bridgehead atoms. The Morgan fingerprint density at radius 3 is 2.33 bits per heavy atom. The smallest absolute Gasteiger partial charge is 0.389 e. The van der Waals surface area contributed by atoms with Crippen molar-refractivity contribution < 1.29 is 33.0 Å². The van der Waals surface area contributed by atoms with Crippen LogP contribution in [0, 0.1) is 17.0 Å². The van der Waals surface area contributed by atoms with Crippen LogP contribution in [0.1, 0.15) is 58.5 Å². The number of amides is 1. The van der Waals surface area contributed by atoms with Crippen LogP contribution in [0.3, 0.4) is 0 Å². The van der Waals surface area contributed by atoms with Gasteiger partial charge in [-0.1, -0.05) is 65.0 Å². The number of alkyl carbamates (subject to hydrolysis) is 1. The van der Waals surface area contributed by atoms with Gasteiger partial charge in [-0.3, -0.25) is 4.90 Å². The Hall–Kier alpha value is -3.96. The molecule has 2 aromatic carbocycles. The minimum atomic E-state index is -0.736. The molecule has 0 radical (unpaired) electrons. The standard InChI is InChI=1S/C27H30F2N4O3.C2H4O2.C2H6/c1-27(2,3)23(32(4)13-12-21-25(34)36-26(35)31-21)24-30-22(19-14-18(28)10-11-20(19)29)16-33(24)15-17-8-6-5-7-9-17;3-1-2-4;1-2/h5-11,14,16,21,23H,12-13,15H2,1-4H3,(H,31,35);1,4H,2H2;1-2H3. The first-order chi connectivity index (χ1) is 19.9. The van der Waals surface area contributed by atoms with Gasteiger partial charge in [0.05, 0.1) is 18.3 Å². The number of benzene rings is 2. The third-order valence-electron chi connectivity index (χ3n) is 6.33. The van der Waals surface area contributed by atoms with E-state index in [-0.39, 0.29) is 23.6 Å². The zero-order valence-electron chi connectivity index (χ0n) is 24.9. The van der Waals surface area contributed by atoms with Crippen molar-refractivity contribution in [1.82, 2.24) is 19.8 Å². The van der Waals surface area contributed by atoms with Gasteiger partial charge in [-0.15, -0.1) is 0 Å². The number of aliphatic hydroxyl groups excluding tert-OH is 1. The number of imidazole rings is 1. The Morgan fingerprint density at radius 2 is 1.79 bits per heavy atom. The molecule has 9 nitrogen and oxygen atoms in total. The summed E-state index contributed by atoms with van der Waals surface area (Å²) in [4.78, 5) is 39.1. The van der Waals surface area contributed by atoms with Gasteiger partial charge in [0.25, 0.3) is 0 Å². The summed E-state index contributed by atoms with van der Waals surface area (Å²) in [6.45, 7) is 10.8. The molecule has 0 spiro atoms. The Bertz CT molecular complexity index is 1320. The van der Waals surface area contributed by atoms with Crippen molar-refractivity contribution in [2.24, 2.45) is 5.41 Å².